The van der Waals surface area contributed by atoms with Crippen molar-refractivity contribution in [1.29, 1.82) is 0 Å². The second-order valence-corrected chi connectivity index (χ2v) is 7.06. The zero-order valence-corrected chi connectivity index (χ0v) is 14.5. The van der Waals surface area contributed by atoms with Gasteiger partial charge in [0, 0.05) is 38.6 Å². The van der Waals surface area contributed by atoms with Gasteiger partial charge in [0.15, 0.2) is 0 Å². The van der Waals surface area contributed by atoms with Gasteiger partial charge in [0.1, 0.15) is 0 Å². The number of piperidine rings is 1. The predicted octanol–water partition coefficient (Wildman–Crippen LogP) is 2.26. The van der Waals surface area contributed by atoms with Crippen LogP contribution in [0.3, 0.4) is 0 Å². The molecule has 0 aliphatic carbocycles. The molecule has 2 aliphatic rings. The van der Waals surface area contributed by atoms with E-state index >= 15 is 0 Å². The van der Waals surface area contributed by atoms with E-state index < -0.39 is 6.03 Å². The first-order chi connectivity index (χ1) is 11.6. The van der Waals surface area contributed by atoms with Gasteiger partial charge in [-0.2, -0.15) is 0 Å². The Balaban J connectivity index is 1.79. The standard InChI is InChI=1S/C18H28N4O2/c1-20-10-6-9-15(20)16-8-3-2-4-12-22(16)17(23)14-7-5-11-21(13-14)18(19)24/h6,9-10,14,16H,2-5,7-8,11-13H2,1H3,(H2,19,24). The molecule has 1 aromatic heterocycles. The van der Waals surface area contributed by atoms with Crippen LogP contribution in [-0.2, 0) is 11.8 Å². The molecule has 6 nitrogen and oxygen atoms in total. The van der Waals surface area contributed by atoms with Crippen molar-refractivity contribution in [3.63, 3.8) is 0 Å². The fraction of sp³-hybridized carbons (Fsp3) is 0.667. The largest absolute Gasteiger partial charge is 0.353 e. The van der Waals surface area contributed by atoms with Crippen molar-refractivity contribution in [3.05, 3.63) is 24.0 Å². The molecule has 2 saturated heterocycles. The Kier molecular flexibility index (Phi) is 5.11. The molecular formula is C18H28N4O2. The third-order valence-corrected chi connectivity index (χ3v) is 5.44. The van der Waals surface area contributed by atoms with E-state index in [-0.39, 0.29) is 17.9 Å². The molecule has 3 rings (SSSR count). The van der Waals surface area contributed by atoms with E-state index in [0.29, 0.717) is 13.1 Å². The van der Waals surface area contributed by atoms with E-state index in [0.717, 1.165) is 38.6 Å². The zero-order chi connectivity index (χ0) is 17.1. The third kappa shape index (κ3) is 3.42. The fourth-order valence-electron chi connectivity index (χ4n) is 4.11. The maximum absolute atomic E-state index is 13.2. The number of amides is 3. The number of nitrogens with zero attached hydrogens (tertiary/aromatic N) is 3. The average Bonchev–Trinajstić information content (AvgIpc) is 2.86. The normalized spacial score (nSPS) is 25.4. The van der Waals surface area contributed by atoms with Crippen LogP contribution in [0.1, 0.15) is 50.3 Å². The minimum atomic E-state index is -0.414. The summed E-state index contributed by atoms with van der Waals surface area (Å²) in [4.78, 5) is 28.4. The van der Waals surface area contributed by atoms with Crippen LogP contribution in [0.5, 0.6) is 0 Å². The Morgan fingerprint density at radius 3 is 2.67 bits per heavy atom. The number of primary amides is 1. The van der Waals surface area contributed by atoms with E-state index in [1.807, 2.05) is 19.3 Å². The Labute approximate surface area is 143 Å². The summed E-state index contributed by atoms with van der Waals surface area (Å²) in [6.07, 6.45) is 8.12. The van der Waals surface area contributed by atoms with Gasteiger partial charge in [-0.25, -0.2) is 4.79 Å². The summed E-state index contributed by atoms with van der Waals surface area (Å²) < 4.78 is 2.12. The molecule has 0 radical (unpaired) electrons. The summed E-state index contributed by atoms with van der Waals surface area (Å²) in [6.45, 7) is 1.94. The van der Waals surface area contributed by atoms with Crippen molar-refractivity contribution in [1.82, 2.24) is 14.4 Å². The number of hydrogen-bond donors (Lipinski definition) is 1. The van der Waals surface area contributed by atoms with Crippen LogP contribution < -0.4 is 5.73 Å². The molecule has 3 heterocycles. The summed E-state index contributed by atoms with van der Waals surface area (Å²) in [5, 5.41) is 0. The molecule has 3 amide bonds. The van der Waals surface area contributed by atoms with Crippen molar-refractivity contribution in [2.45, 2.75) is 44.6 Å². The molecule has 0 saturated carbocycles. The summed E-state index contributed by atoms with van der Waals surface area (Å²) in [5.41, 5.74) is 6.62. The van der Waals surface area contributed by atoms with E-state index in [1.165, 1.54) is 12.1 Å². The summed E-state index contributed by atoms with van der Waals surface area (Å²) in [6, 6.07) is 3.89. The maximum Gasteiger partial charge on any atom is 0.314 e. The number of carbonyl (C=O) groups is 2. The summed E-state index contributed by atoms with van der Waals surface area (Å²) >= 11 is 0. The van der Waals surface area contributed by atoms with Crippen LogP contribution in [0, 0.1) is 5.92 Å². The van der Waals surface area contributed by atoms with Gasteiger partial charge in [-0.1, -0.05) is 12.8 Å². The summed E-state index contributed by atoms with van der Waals surface area (Å²) in [7, 11) is 2.04. The fourth-order valence-corrected chi connectivity index (χ4v) is 4.11. The first-order valence-corrected chi connectivity index (χ1v) is 9.04. The lowest BCUT2D eigenvalue weighted by Gasteiger charge is -2.37. The van der Waals surface area contributed by atoms with Gasteiger partial charge in [-0.05, 0) is 37.8 Å². The highest BCUT2D eigenvalue weighted by Crippen LogP contribution is 2.32. The Morgan fingerprint density at radius 2 is 1.96 bits per heavy atom. The van der Waals surface area contributed by atoms with Gasteiger partial charge in [0.05, 0.1) is 12.0 Å². The van der Waals surface area contributed by atoms with Crippen molar-refractivity contribution >= 4 is 11.9 Å². The number of likely N-dealkylation sites (tertiary alicyclic amines) is 2. The van der Waals surface area contributed by atoms with Crippen LogP contribution in [0.4, 0.5) is 4.79 Å². The molecule has 0 spiro atoms. The third-order valence-electron chi connectivity index (χ3n) is 5.44. The van der Waals surface area contributed by atoms with E-state index in [9.17, 15) is 9.59 Å². The number of aryl methyl sites for hydroxylation is 1. The highest BCUT2D eigenvalue weighted by atomic mass is 16.2. The van der Waals surface area contributed by atoms with Crippen LogP contribution in [0.15, 0.2) is 18.3 Å². The van der Waals surface area contributed by atoms with Crippen LogP contribution in [0.2, 0.25) is 0 Å². The topological polar surface area (TPSA) is 71.6 Å². The lowest BCUT2D eigenvalue weighted by Crippen LogP contribution is -2.49. The number of hydrogen-bond acceptors (Lipinski definition) is 2. The maximum atomic E-state index is 13.2. The van der Waals surface area contributed by atoms with Crippen molar-refractivity contribution in [2.24, 2.45) is 18.7 Å². The molecule has 2 N–H and O–H groups in total. The minimum Gasteiger partial charge on any atom is -0.353 e. The number of rotatable bonds is 2. The van der Waals surface area contributed by atoms with E-state index in [4.69, 9.17) is 5.73 Å². The number of nitrogens with two attached hydrogens (primary N) is 1. The molecular weight excluding hydrogens is 304 g/mol. The SMILES string of the molecule is Cn1cccc1C1CCCCCN1C(=O)C1CCCN(C(N)=O)C1. The molecule has 132 valence electrons. The smallest absolute Gasteiger partial charge is 0.314 e. The molecule has 2 aliphatic heterocycles. The first-order valence-electron chi connectivity index (χ1n) is 9.04. The van der Waals surface area contributed by atoms with Gasteiger partial charge < -0.3 is 20.1 Å². The monoisotopic (exact) mass is 332 g/mol. The second kappa shape index (κ2) is 7.28. The zero-order valence-electron chi connectivity index (χ0n) is 14.5. The van der Waals surface area contributed by atoms with Crippen molar-refractivity contribution in [3.8, 4) is 0 Å². The quantitative estimate of drug-likeness (QED) is 0.902. The highest BCUT2D eigenvalue weighted by Gasteiger charge is 2.35. The van der Waals surface area contributed by atoms with Crippen molar-refractivity contribution < 1.29 is 9.59 Å². The Hall–Kier alpha value is -1.98. The molecule has 2 unspecified atom stereocenters. The predicted molar refractivity (Wildman–Crippen MR) is 92.2 cm³/mol. The van der Waals surface area contributed by atoms with Crippen LogP contribution >= 0.6 is 0 Å². The molecule has 24 heavy (non-hydrogen) atoms. The molecule has 0 aromatic carbocycles. The van der Waals surface area contributed by atoms with Gasteiger partial charge in [0.2, 0.25) is 5.91 Å². The second-order valence-electron chi connectivity index (χ2n) is 7.06. The number of carbonyl (C=O) groups excluding carboxylic acids is 2. The van der Waals surface area contributed by atoms with Crippen LogP contribution in [-0.4, -0.2) is 45.9 Å². The van der Waals surface area contributed by atoms with Crippen molar-refractivity contribution in [2.75, 3.05) is 19.6 Å². The van der Waals surface area contributed by atoms with Gasteiger partial charge in [0.25, 0.3) is 0 Å². The molecule has 2 fully saturated rings. The molecule has 0 bridgehead atoms. The van der Waals surface area contributed by atoms with Gasteiger partial charge in [-0.15, -0.1) is 0 Å². The van der Waals surface area contributed by atoms with Gasteiger partial charge in [-0.3, -0.25) is 4.79 Å². The van der Waals surface area contributed by atoms with E-state index in [1.54, 1.807) is 4.90 Å². The Bertz CT molecular complexity index is 598. The lowest BCUT2D eigenvalue weighted by molar-refractivity contribution is -0.139. The minimum absolute atomic E-state index is 0.118. The van der Waals surface area contributed by atoms with Gasteiger partial charge >= 0.3 is 6.03 Å². The van der Waals surface area contributed by atoms with Crippen LogP contribution in [0.25, 0.3) is 0 Å². The molecule has 1 aromatic rings. The first kappa shape index (κ1) is 16.9. The average molecular weight is 332 g/mol. The number of urea groups is 1. The molecule has 6 heteroatoms. The highest BCUT2D eigenvalue weighted by molar-refractivity contribution is 5.81. The molecule has 2 atom stereocenters. The Morgan fingerprint density at radius 1 is 1.12 bits per heavy atom. The number of aromatic nitrogens is 1. The van der Waals surface area contributed by atoms with E-state index in [2.05, 4.69) is 15.5 Å². The lowest BCUT2D eigenvalue weighted by atomic mass is 9.95. The summed E-state index contributed by atoms with van der Waals surface area (Å²) in [5.74, 6) is 0.0705.